The molecule has 0 atom stereocenters. The lowest BCUT2D eigenvalue weighted by Gasteiger charge is -2.23. The highest BCUT2D eigenvalue weighted by atomic mass is 127. The number of guanidine groups is 1. The SMILES string of the molecule is COc1ccc(CN=C(NCC(=O)N(C)C)N(C)Cc2cccn2C)cc1.I. The molecule has 8 heteroatoms. The van der Waals surface area contributed by atoms with E-state index in [9.17, 15) is 4.79 Å². The third-order valence-corrected chi connectivity index (χ3v) is 4.28. The van der Waals surface area contributed by atoms with Crippen LogP contribution in [0.15, 0.2) is 47.6 Å². The molecule has 1 amide bonds. The van der Waals surface area contributed by atoms with Gasteiger partial charge in [-0.05, 0) is 29.8 Å². The molecule has 0 spiro atoms. The Kier molecular flexibility index (Phi) is 9.84. The number of carbonyl (C=O) groups is 1. The molecule has 0 saturated carbocycles. The number of ether oxygens (including phenoxy) is 1. The van der Waals surface area contributed by atoms with Gasteiger partial charge in [-0.2, -0.15) is 0 Å². The van der Waals surface area contributed by atoms with Crippen LogP contribution < -0.4 is 10.1 Å². The number of rotatable bonds is 7. The summed E-state index contributed by atoms with van der Waals surface area (Å²) in [5.41, 5.74) is 2.23. The molecule has 0 unspecified atom stereocenters. The number of nitrogens with zero attached hydrogens (tertiary/aromatic N) is 4. The quantitative estimate of drug-likeness (QED) is 0.361. The third-order valence-electron chi connectivity index (χ3n) is 4.28. The molecule has 2 rings (SSSR count). The maximum absolute atomic E-state index is 12.0. The first-order chi connectivity index (χ1) is 12.9. The van der Waals surface area contributed by atoms with Crippen molar-refractivity contribution >= 4 is 35.8 Å². The molecular formula is C20H30IN5O2. The highest BCUT2D eigenvalue weighted by molar-refractivity contribution is 14.0. The summed E-state index contributed by atoms with van der Waals surface area (Å²) in [5, 5.41) is 3.18. The van der Waals surface area contributed by atoms with Crippen LogP contribution in [0.5, 0.6) is 5.75 Å². The summed E-state index contributed by atoms with van der Waals surface area (Å²) >= 11 is 0. The van der Waals surface area contributed by atoms with E-state index in [0.29, 0.717) is 19.0 Å². The number of hydrogen-bond donors (Lipinski definition) is 1. The third kappa shape index (κ3) is 7.06. The summed E-state index contributed by atoms with van der Waals surface area (Å²) in [6, 6.07) is 11.9. The van der Waals surface area contributed by atoms with Crippen LogP contribution in [0.4, 0.5) is 0 Å². The summed E-state index contributed by atoms with van der Waals surface area (Å²) in [6.45, 7) is 1.40. The second kappa shape index (κ2) is 11.6. The first kappa shape index (κ1) is 23.8. The van der Waals surface area contributed by atoms with Crippen LogP contribution in [0.2, 0.25) is 0 Å². The topological polar surface area (TPSA) is 62.1 Å². The predicted octanol–water partition coefficient (Wildman–Crippen LogP) is 2.32. The molecule has 0 bridgehead atoms. The smallest absolute Gasteiger partial charge is 0.241 e. The van der Waals surface area contributed by atoms with Crippen LogP contribution >= 0.6 is 24.0 Å². The van der Waals surface area contributed by atoms with E-state index >= 15 is 0 Å². The Morgan fingerprint density at radius 3 is 2.39 bits per heavy atom. The molecule has 2 aromatic rings. The predicted molar refractivity (Wildman–Crippen MR) is 123 cm³/mol. The Labute approximate surface area is 184 Å². The van der Waals surface area contributed by atoms with Crippen molar-refractivity contribution in [1.29, 1.82) is 0 Å². The van der Waals surface area contributed by atoms with E-state index in [2.05, 4.69) is 16.0 Å². The molecule has 154 valence electrons. The first-order valence-electron chi connectivity index (χ1n) is 8.83. The summed E-state index contributed by atoms with van der Waals surface area (Å²) < 4.78 is 7.26. The second-order valence-electron chi connectivity index (χ2n) is 6.60. The van der Waals surface area contributed by atoms with Crippen molar-refractivity contribution in [2.45, 2.75) is 13.1 Å². The summed E-state index contributed by atoms with van der Waals surface area (Å²) in [6.07, 6.45) is 2.01. The molecule has 0 aliphatic rings. The molecule has 0 radical (unpaired) electrons. The fraction of sp³-hybridized carbons (Fsp3) is 0.400. The molecule has 0 aliphatic carbocycles. The number of nitrogens with one attached hydrogen (secondary N) is 1. The molecule has 28 heavy (non-hydrogen) atoms. The minimum absolute atomic E-state index is 0. The van der Waals surface area contributed by atoms with Crippen LogP contribution in [-0.2, 0) is 24.9 Å². The minimum atomic E-state index is -0.000542. The van der Waals surface area contributed by atoms with Gasteiger partial charge < -0.3 is 24.4 Å². The number of aromatic nitrogens is 1. The zero-order chi connectivity index (χ0) is 19.8. The van der Waals surface area contributed by atoms with Gasteiger partial charge in [0.25, 0.3) is 0 Å². The molecule has 0 saturated heterocycles. The molecule has 1 N–H and O–H groups in total. The number of aryl methyl sites for hydroxylation is 1. The van der Waals surface area contributed by atoms with Crippen molar-refractivity contribution in [3.8, 4) is 5.75 Å². The Bertz CT molecular complexity index is 771. The van der Waals surface area contributed by atoms with E-state index in [0.717, 1.165) is 17.0 Å². The Morgan fingerprint density at radius 2 is 1.86 bits per heavy atom. The van der Waals surface area contributed by atoms with E-state index in [-0.39, 0.29) is 36.4 Å². The van der Waals surface area contributed by atoms with Gasteiger partial charge in [-0.1, -0.05) is 12.1 Å². The van der Waals surface area contributed by atoms with Gasteiger partial charge in [-0.15, -0.1) is 24.0 Å². The number of hydrogen-bond acceptors (Lipinski definition) is 3. The van der Waals surface area contributed by atoms with Crippen LogP contribution in [0.25, 0.3) is 0 Å². The van der Waals surface area contributed by atoms with E-state index in [1.165, 1.54) is 0 Å². The number of amides is 1. The zero-order valence-corrected chi connectivity index (χ0v) is 19.5. The summed E-state index contributed by atoms with van der Waals surface area (Å²) in [7, 11) is 9.11. The Hall–Kier alpha value is -2.23. The van der Waals surface area contributed by atoms with Gasteiger partial charge in [0, 0.05) is 40.1 Å². The number of benzene rings is 1. The highest BCUT2D eigenvalue weighted by Crippen LogP contribution is 2.12. The van der Waals surface area contributed by atoms with E-state index < -0.39 is 0 Å². The average molecular weight is 499 g/mol. The highest BCUT2D eigenvalue weighted by Gasteiger charge is 2.11. The van der Waals surface area contributed by atoms with Gasteiger partial charge >= 0.3 is 0 Å². The lowest BCUT2D eigenvalue weighted by molar-refractivity contribution is -0.127. The van der Waals surface area contributed by atoms with E-state index in [1.807, 2.05) is 55.5 Å². The van der Waals surface area contributed by atoms with Crippen LogP contribution in [0.1, 0.15) is 11.3 Å². The Balaban J connectivity index is 0.00000392. The van der Waals surface area contributed by atoms with Crippen molar-refractivity contribution in [3.63, 3.8) is 0 Å². The average Bonchev–Trinajstić information content (AvgIpc) is 3.06. The molecular weight excluding hydrogens is 469 g/mol. The maximum Gasteiger partial charge on any atom is 0.241 e. The number of methoxy groups -OCH3 is 1. The van der Waals surface area contributed by atoms with Crippen LogP contribution in [0.3, 0.4) is 0 Å². The van der Waals surface area contributed by atoms with Gasteiger partial charge in [0.05, 0.1) is 26.7 Å². The van der Waals surface area contributed by atoms with Gasteiger partial charge in [0.1, 0.15) is 5.75 Å². The van der Waals surface area contributed by atoms with Crippen molar-refractivity contribution < 1.29 is 9.53 Å². The summed E-state index contributed by atoms with van der Waals surface area (Å²) in [4.78, 5) is 20.2. The van der Waals surface area contributed by atoms with Gasteiger partial charge in [-0.25, -0.2) is 4.99 Å². The van der Waals surface area contributed by atoms with E-state index in [1.54, 1.807) is 26.1 Å². The molecule has 7 nitrogen and oxygen atoms in total. The first-order valence-corrected chi connectivity index (χ1v) is 8.83. The molecule has 1 aromatic heterocycles. The molecule has 1 heterocycles. The fourth-order valence-corrected chi connectivity index (χ4v) is 2.50. The van der Waals surface area contributed by atoms with E-state index in [4.69, 9.17) is 9.73 Å². The largest absolute Gasteiger partial charge is 0.497 e. The number of aliphatic imine (C=N–C) groups is 1. The van der Waals surface area contributed by atoms with Crippen molar-refractivity contribution in [1.82, 2.24) is 19.7 Å². The monoisotopic (exact) mass is 499 g/mol. The minimum Gasteiger partial charge on any atom is -0.497 e. The van der Waals surface area contributed by atoms with Crippen LogP contribution in [-0.4, -0.2) is 61.0 Å². The van der Waals surface area contributed by atoms with Gasteiger partial charge in [0.2, 0.25) is 5.91 Å². The lowest BCUT2D eigenvalue weighted by atomic mass is 10.2. The van der Waals surface area contributed by atoms with Crippen LogP contribution in [0, 0.1) is 0 Å². The standard InChI is InChI=1S/C20H29N5O2.HI/c1-23(2)19(26)14-22-20(25(4)15-17-7-6-12-24(17)3)21-13-16-8-10-18(27-5)11-9-16;/h6-12H,13-15H2,1-5H3,(H,21,22);1H. The molecule has 1 aromatic carbocycles. The molecule has 0 aliphatic heterocycles. The molecule has 0 fully saturated rings. The normalized spacial score (nSPS) is 10.8. The van der Waals surface area contributed by atoms with Crippen molar-refractivity contribution in [2.75, 3.05) is 34.8 Å². The maximum atomic E-state index is 12.0. The lowest BCUT2D eigenvalue weighted by Crippen LogP contribution is -2.43. The Morgan fingerprint density at radius 1 is 1.18 bits per heavy atom. The zero-order valence-electron chi connectivity index (χ0n) is 17.2. The summed E-state index contributed by atoms with van der Waals surface area (Å²) in [5.74, 6) is 1.50. The van der Waals surface area contributed by atoms with Gasteiger partial charge in [0.15, 0.2) is 5.96 Å². The van der Waals surface area contributed by atoms with Crippen molar-refractivity contribution in [3.05, 3.63) is 53.9 Å². The van der Waals surface area contributed by atoms with Gasteiger partial charge in [-0.3, -0.25) is 4.79 Å². The number of carbonyl (C=O) groups excluding carboxylic acids is 1. The number of halogens is 1. The fourth-order valence-electron chi connectivity index (χ4n) is 2.50. The second-order valence-corrected chi connectivity index (χ2v) is 6.60. The number of likely N-dealkylation sites (N-methyl/N-ethyl adjacent to an activating group) is 1. The van der Waals surface area contributed by atoms with Crippen molar-refractivity contribution in [2.24, 2.45) is 12.0 Å².